The molecule has 0 aliphatic rings. The van der Waals surface area contributed by atoms with Crippen LogP contribution in [0.3, 0.4) is 0 Å². The topological polar surface area (TPSA) is 46.2 Å². The van der Waals surface area contributed by atoms with E-state index in [1.165, 1.54) is 0 Å². The van der Waals surface area contributed by atoms with Crippen LogP contribution in [-0.4, -0.2) is 17.8 Å². The second kappa shape index (κ2) is 6.02. The lowest BCUT2D eigenvalue weighted by Crippen LogP contribution is -2.29. The molecule has 0 fully saturated rings. The lowest BCUT2D eigenvalue weighted by atomic mass is 9.87. The summed E-state index contributed by atoms with van der Waals surface area (Å²) in [5.41, 5.74) is 5.82. The monoisotopic (exact) mass is 247 g/mol. The summed E-state index contributed by atoms with van der Waals surface area (Å²) in [6.07, 6.45) is 0.778. The number of hydrogen-bond acceptors (Lipinski definition) is 2. The van der Waals surface area contributed by atoms with Gasteiger partial charge in [0.2, 0.25) is 0 Å². The van der Waals surface area contributed by atoms with Crippen LogP contribution in [0.25, 0.3) is 0 Å². The number of aliphatic hydroxyl groups excluding tert-OH is 1. The summed E-state index contributed by atoms with van der Waals surface area (Å²) in [6, 6.07) is 0.930. The first-order chi connectivity index (χ1) is 8.01. The van der Waals surface area contributed by atoms with Crippen molar-refractivity contribution in [2.75, 3.05) is 6.61 Å². The Morgan fingerprint density at radius 3 is 2.29 bits per heavy atom. The van der Waals surface area contributed by atoms with Gasteiger partial charge in [-0.15, -0.1) is 0 Å². The van der Waals surface area contributed by atoms with E-state index in [2.05, 4.69) is 0 Å². The van der Waals surface area contributed by atoms with Gasteiger partial charge in [-0.3, -0.25) is 0 Å². The van der Waals surface area contributed by atoms with Crippen molar-refractivity contribution in [2.45, 2.75) is 31.7 Å². The zero-order valence-corrected chi connectivity index (χ0v) is 9.59. The highest BCUT2D eigenvalue weighted by molar-refractivity contribution is 5.25. The average molecular weight is 247 g/mol. The van der Waals surface area contributed by atoms with Crippen molar-refractivity contribution in [3.05, 3.63) is 35.1 Å². The minimum absolute atomic E-state index is 0.0206. The van der Waals surface area contributed by atoms with Gasteiger partial charge in [-0.2, -0.15) is 0 Å². The lowest BCUT2D eigenvalue weighted by Gasteiger charge is -2.23. The standard InChI is InChI=1S/C12H16F3NO/c1-2-12(16)7(3-4-17)8-5-10(14)11(15)6-9(8)13/h5-7,12,17H,2-4,16H2,1H3. The molecule has 0 radical (unpaired) electrons. The van der Waals surface area contributed by atoms with Gasteiger partial charge in [0.15, 0.2) is 11.6 Å². The number of aliphatic hydroxyl groups is 1. The normalized spacial score (nSPS) is 14.7. The van der Waals surface area contributed by atoms with Gasteiger partial charge in [0.05, 0.1) is 0 Å². The maximum Gasteiger partial charge on any atom is 0.161 e. The van der Waals surface area contributed by atoms with Crippen LogP contribution < -0.4 is 5.73 Å². The van der Waals surface area contributed by atoms with Crippen LogP contribution in [0.4, 0.5) is 13.2 Å². The molecule has 1 aromatic carbocycles. The predicted octanol–water partition coefficient (Wildman–Crippen LogP) is 2.31. The van der Waals surface area contributed by atoms with E-state index in [9.17, 15) is 13.2 Å². The van der Waals surface area contributed by atoms with Crippen LogP contribution in [0, 0.1) is 17.5 Å². The predicted molar refractivity (Wildman–Crippen MR) is 59.0 cm³/mol. The second-order valence-corrected chi connectivity index (χ2v) is 3.98. The zero-order valence-electron chi connectivity index (χ0n) is 9.59. The largest absolute Gasteiger partial charge is 0.396 e. The summed E-state index contributed by atoms with van der Waals surface area (Å²) >= 11 is 0. The van der Waals surface area contributed by atoms with E-state index in [1.807, 2.05) is 6.92 Å². The van der Waals surface area contributed by atoms with Crippen LogP contribution in [0.1, 0.15) is 31.2 Å². The first kappa shape index (κ1) is 14.0. The molecule has 1 aromatic rings. The van der Waals surface area contributed by atoms with Gasteiger partial charge in [0, 0.05) is 24.6 Å². The highest BCUT2D eigenvalue weighted by atomic mass is 19.2. The van der Waals surface area contributed by atoms with E-state index in [0.717, 1.165) is 6.07 Å². The van der Waals surface area contributed by atoms with Gasteiger partial charge >= 0.3 is 0 Å². The Hall–Kier alpha value is -1.07. The van der Waals surface area contributed by atoms with Crippen molar-refractivity contribution < 1.29 is 18.3 Å². The third kappa shape index (κ3) is 3.20. The van der Waals surface area contributed by atoms with Gasteiger partial charge < -0.3 is 10.8 Å². The molecular weight excluding hydrogens is 231 g/mol. The highest BCUT2D eigenvalue weighted by Gasteiger charge is 2.23. The number of rotatable bonds is 5. The molecule has 17 heavy (non-hydrogen) atoms. The Bertz CT molecular complexity index is 384. The fourth-order valence-corrected chi connectivity index (χ4v) is 1.85. The van der Waals surface area contributed by atoms with E-state index in [0.29, 0.717) is 12.5 Å². The Morgan fingerprint density at radius 1 is 1.18 bits per heavy atom. The first-order valence-electron chi connectivity index (χ1n) is 5.52. The van der Waals surface area contributed by atoms with E-state index in [-0.39, 0.29) is 18.6 Å². The minimum atomic E-state index is -1.22. The Kier molecular flexibility index (Phi) is 4.96. The summed E-state index contributed by atoms with van der Waals surface area (Å²) in [6.45, 7) is 1.63. The minimum Gasteiger partial charge on any atom is -0.396 e. The Balaban J connectivity index is 3.13. The average Bonchev–Trinajstić information content (AvgIpc) is 2.30. The van der Waals surface area contributed by atoms with Gasteiger partial charge in [0.25, 0.3) is 0 Å². The highest BCUT2D eigenvalue weighted by Crippen LogP contribution is 2.28. The van der Waals surface area contributed by atoms with E-state index >= 15 is 0 Å². The molecule has 0 aliphatic carbocycles. The van der Waals surface area contributed by atoms with Crippen molar-refractivity contribution in [1.82, 2.24) is 0 Å². The van der Waals surface area contributed by atoms with Crippen LogP contribution >= 0.6 is 0 Å². The molecule has 0 aromatic heterocycles. The Morgan fingerprint density at radius 2 is 1.76 bits per heavy atom. The number of halogens is 3. The molecule has 0 heterocycles. The fraction of sp³-hybridized carbons (Fsp3) is 0.500. The third-order valence-electron chi connectivity index (χ3n) is 2.87. The van der Waals surface area contributed by atoms with Crippen molar-refractivity contribution in [3.8, 4) is 0 Å². The summed E-state index contributed by atoms with van der Waals surface area (Å²) in [5, 5.41) is 8.91. The molecule has 5 heteroatoms. The van der Waals surface area contributed by atoms with Crippen LogP contribution in [0.2, 0.25) is 0 Å². The van der Waals surface area contributed by atoms with E-state index in [4.69, 9.17) is 10.8 Å². The smallest absolute Gasteiger partial charge is 0.161 e. The first-order valence-corrected chi connectivity index (χ1v) is 5.52. The van der Waals surface area contributed by atoms with Crippen molar-refractivity contribution in [2.24, 2.45) is 5.73 Å². The summed E-state index contributed by atoms with van der Waals surface area (Å²) in [7, 11) is 0. The molecular formula is C12H16F3NO. The molecule has 0 saturated carbocycles. The molecule has 3 N–H and O–H groups in total. The van der Waals surface area contributed by atoms with Gasteiger partial charge in [0.1, 0.15) is 5.82 Å². The molecule has 2 atom stereocenters. The molecule has 0 spiro atoms. The zero-order chi connectivity index (χ0) is 13.0. The van der Waals surface area contributed by atoms with Crippen molar-refractivity contribution in [3.63, 3.8) is 0 Å². The second-order valence-electron chi connectivity index (χ2n) is 3.98. The van der Waals surface area contributed by atoms with E-state index in [1.54, 1.807) is 0 Å². The molecule has 1 rings (SSSR count). The van der Waals surface area contributed by atoms with Crippen LogP contribution in [-0.2, 0) is 0 Å². The molecule has 0 bridgehead atoms. The summed E-state index contributed by atoms with van der Waals surface area (Å²) in [5.74, 6) is -3.67. The lowest BCUT2D eigenvalue weighted by molar-refractivity contribution is 0.264. The SMILES string of the molecule is CCC(N)C(CCO)c1cc(F)c(F)cc1F. The number of nitrogens with two attached hydrogens (primary N) is 1. The number of hydrogen-bond donors (Lipinski definition) is 2. The maximum atomic E-state index is 13.6. The Labute approximate surface area is 98.3 Å². The summed E-state index contributed by atoms with van der Waals surface area (Å²) < 4.78 is 39.4. The third-order valence-corrected chi connectivity index (χ3v) is 2.87. The molecule has 0 amide bonds. The quantitative estimate of drug-likeness (QED) is 0.784. The van der Waals surface area contributed by atoms with Crippen LogP contribution in [0.15, 0.2) is 12.1 Å². The van der Waals surface area contributed by atoms with Crippen molar-refractivity contribution in [1.29, 1.82) is 0 Å². The summed E-state index contributed by atoms with van der Waals surface area (Å²) in [4.78, 5) is 0. The van der Waals surface area contributed by atoms with Crippen molar-refractivity contribution >= 4 is 0 Å². The fourth-order valence-electron chi connectivity index (χ4n) is 1.85. The maximum absolute atomic E-state index is 13.6. The number of benzene rings is 1. The van der Waals surface area contributed by atoms with Gasteiger partial charge in [-0.05, 0) is 24.5 Å². The molecule has 0 aliphatic heterocycles. The van der Waals surface area contributed by atoms with Crippen LogP contribution in [0.5, 0.6) is 0 Å². The van der Waals surface area contributed by atoms with Gasteiger partial charge in [-0.1, -0.05) is 6.92 Å². The molecule has 96 valence electrons. The van der Waals surface area contributed by atoms with Gasteiger partial charge in [-0.25, -0.2) is 13.2 Å². The molecule has 0 saturated heterocycles. The molecule has 2 nitrogen and oxygen atoms in total. The molecule has 2 unspecified atom stereocenters. The van der Waals surface area contributed by atoms with E-state index < -0.39 is 29.4 Å².